The molecule has 0 aromatic heterocycles. The van der Waals surface area contributed by atoms with E-state index in [2.05, 4.69) is 15.0 Å². The Labute approximate surface area is 94.9 Å². The van der Waals surface area contributed by atoms with Gasteiger partial charge >= 0.3 is 5.97 Å². The first-order valence-corrected chi connectivity index (χ1v) is 5.35. The molecule has 1 unspecified atom stereocenters. The largest absolute Gasteiger partial charge is 0.468 e. The Kier molecular flexibility index (Phi) is 5.21. The maximum Gasteiger partial charge on any atom is 0.325 e. The Hall–Kier alpha value is -1.14. The molecule has 92 valence electrons. The maximum absolute atomic E-state index is 11.6. The zero-order valence-corrected chi connectivity index (χ0v) is 9.69. The van der Waals surface area contributed by atoms with E-state index in [0.717, 1.165) is 13.1 Å². The molecule has 0 saturated carbocycles. The van der Waals surface area contributed by atoms with Crippen LogP contribution < -0.4 is 5.32 Å². The number of hydrogen-bond donors (Lipinski definition) is 1. The summed E-state index contributed by atoms with van der Waals surface area (Å²) in [7, 11) is 1.28. The van der Waals surface area contributed by atoms with E-state index in [1.807, 2.05) is 6.92 Å². The number of morpholine rings is 1. The van der Waals surface area contributed by atoms with Crippen LogP contribution in [0.3, 0.4) is 0 Å². The number of methoxy groups -OCH3 is 1. The van der Waals surface area contributed by atoms with Crippen molar-refractivity contribution in [2.24, 2.45) is 0 Å². The van der Waals surface area contributed by atoms with Gasteiger partial charge in [0.05, 0.1) is 13.7 Å². The molecule has 16 heavy (non-hydrogen) atoms. The van der Waals surface area contributed by atoms with Crippen molar-refractivity contribution in [1.29, 1.82) is 0 Å². The molecule has 0 radical (unpaired) electrons. The minimum Gasteiger partial charge on any atom is -0.468 e. The first-order valence-electron chi connectivity index (χ1n) is 5.35. The molecule has 1 aliphatic heterocycles. The summed E-state index contributed by atoms with van der Waals surface area (Å²) in [5.74, 6) is -0.722. The summed E-state index contributed by atoms with van der Waals surface area (Å²) >= 11 is 0. The van der Waals surface area contributed by atoms with E-state index in [0.29, 0.717) is 13.2 Å². The van der Waals surface area contributed by atoms with E-state index < -0.39 is 12.1 Å². The molecule has 0 aromatic carbocycles. The maximum atomic E-state index is 11.6. The van der Waals surface area contributed by atoms with Crippen LogP contribution in [0.1, 0.15) is 6.92 Å². The number of esters is 1. The van der Waals surface area contributed by atoms with E-state index >= 15 is 0 Å². The molecular weight excluding hydrogens is 212 g/mol. The number of ether oxygens (including phenoxy) is 2. The lowest BCUT2D eigenvalue weighted by Gasteiger charge is -2.31. The fourth-order valence-corrected chi connectivity index (χ4v) is 1.49. The van der Waals surface area contributed by atoms with Crippen molar-refractivity contribution < 1.29 is 19.1 Å². The van der Waals surface area contributed by atoms with E-state index in [1.54, 1.807) is 0 Å². The molecule has 1 amide bonds. The van der Waals surface area contributed by atoms with Gasteiger partial charge in [0.2, 0.25) is 0 Å². The van der Waals surface area contributed by atoms with Crippen LogP contribution in [0.25, 0.3) is 0 Å². The van der Waals surface area contributed by atoms with Gasteiger partial charge in [-0.15, -0.1) is 0 Å². The molecule has 6 heteroatoms. The lowest BCUT2D eigenvalue weighted by atomic mass is 10.2. The van der Waals surface area contributed by atoms with Crippen molar-refractivity contribution in [2.75, 3.05) is 39.9 Å². The molecule has 1 rings (SSSR count). The summed E-state index contributed by atoms with van der Waals surface area (Å²) in [5, 5.41) is 2.48. The summed E-state index contributed by atoms with van der Waals surface area (Å²) in [5.41, 5.74) is 0. The standard InChI is InChI=1S/C10H18N2O4/c1-3-12-4-5-16-8(7-12)10(14)11-6-9(13)15-2/h8H,3-7H2,1-2H3,(H,11,14). The lowest BCUT2D eigenvalue weighted by molar-refractivity contribution is -0.145. The van der Waals surface area contributed by atoms with Crippen LogP contribution in [0.15, 0.2) is 0 Å². The number of carbonyl (C=O) groups excluding carboxylic acids is 2. The first-order chi connectivity index (χ1) is 7.67. The first kappa shape index (κ1) is 12.9. The predicted octanol–water partition coefficient (Wildman–Crippen LogP) is -1.00. The number of nitrogens with one attached hydrogen (secondary N) is 1. The highest BCUT2D eigenvalue weighted by Crippen LogP contribution is 2.04. The van der Waals surface area contributed by atoms with Gasteiger partial charge in [-0.2, -0.15) is 0 Å². The summed E-state index contributed by atoms with van der Waals surface area (Å²) in [6.07, 6.45) is -0.488. The predicted molar refractivity (Wildman–Crippen MR) is 56.9 cm³/mol. The third-order valence-corrected chi connectivity index (χ3v) is 2.52. The second-order valence-corrected chi connectivity index (χ2v) is 3.55. The summed E-state index contributed by atoms with van der Waals surface area (Å²) in [6, 6.07) is 0. The number of likely N-dealkylation sites (N-methyl/N-ethyl adjacent to an activating group) is 1. The Morgan fingerprint density at radius 1 is 1.56 bits per heavy atom. The smallest absolute Gasteiger partial charge is 0.325 e. The quantitative estimate of drug-likeness (QED) is 0.627. The molecular formula is C10H18N2O4. The van der Waals surface area contributed by atoms with Crippen molar-refractivity contribution in [3.05, 3.63) is 0 Å². The second kappa shape index (κ2) is 6.44. The van der Waals surface area contributed by atoms with Gasteiger partial charge in [-0.25, -0.2) is 0 Å². The van der Waals surface area contributed by atoms with Crippen molar-refractivity contribution in [2.45, 2.75) is 13.0 Å². The monoisotopic (exact) mass is 230 g/mol. The highest BCUT2D eigenvalue weighted by molar-refractivity contribution is 5.85. The SMILES string of the molecule is CCN1CCOC(C(=O)NCC(=O)OC)C1. The summed E-state index contributed by atoms with van der Waals surface area (Å²) in [4.78, 5) is 24.6. The molecule has 6 nitrogen and oxygen atoms in total. The molecule has 1 heterocycles. The fraction of sp³-hybridized carbons (Fsp3) is 0.800. The Bertz CT molecular complexity index is 257. The van der Waals surface area contributed by atoms with E-state index in [9.17, 15) is 9.59 Å². The van der Waals surface area contributed by atoms with Gasteiger partial charge in [0.1, 0.15) is 12.6 Å². The van der Waals surface area contributed by atoms with Crippen LogP contribution in [0.5, 0.6) is 0 Å². The summed E-state index contributed by atoms with van der Waals surface area (Å²) < 4.78 is 9.76. The number of nitrogens with zero attached hydrogens (tertiary/aromatic N) is 1. The van der Waals surface area contributed by atoms with Crippen LogP contribution in [-0.2, 0) is 19.1 Å². The molecule has 0 spiro atoms. The van der Waals surface area contributed by atoms with Crippen LogP contribution in [0.2, 0.25) is 0 Å². The fourth-order valence-electron chi connectivity index (χ4n) is 1.49. The lowest BCUT2D eigenvalue weighted by Crippen LogP contribution is -2.50. The van der Waals surface area contributed by atoms with Crippen LogP contribution in [0.4, 0.5) is 0 Å². The zero-order chi connectivity index (χ0) is 12.0. The molecule has 0 aromatic rings. The number of hydrogen-bond acceptors (Lipinski definition) is 5. The third-order valence-electron chi connectivity index (χ3n) is 2.52. The number of amides is 1. The molecule has 1 fully saturated rings. The molecule has 0 bridgehead atoms. The van der Waals surface area contributed by atoms with Gasteiger partial charge in [0.25, 0.3) is 5.91 Å². The molecule has 0 aliphatic carbocycles. The average molecular weight is 230 g/mol. The van der Waals surface area contributed by atoms with Gasteiger partial charge in [-0.05, 0) is 6.54 Å². The van der Waals surface area contributed by atoms with E-state index in [4.69, 9.17) is 4.74 Å². The van der Waals surface area contributed by atoms with Crippen molar-refractivity contribution in [1.82, 2.24) is 10.2 Å². The molecule has 1 N–H and O–H groups in total. The van der Waals surface area contributed by atoms with Crippen molar-refractivity contribution in [3.8, 4) is 0 Å². The van der Waals surface area contributed by atoms with Crippen LogP contribution in [-0.4, -0.2) is 62.8 Å². The van der Waals surface area contributed by atoms with Gasteiger partial charge in [0.15, 0.2) is 0 Å². The topological polar surface area (TPSA) is 67.9 Å². The van der Waals surface area contributed by atoms with Crippen LogP contribution in [0, 0.1) is 0 Å². The molecule has 1 aliphatic rings. The highest BCUT2D eigenvalue weighted by atomic mass is 16.5. The molecule has 1 saturated heterocycles. The van der Waals surface area contributed by atoms with Gasteiger partial charge in [0, 0.05) is 13.1 Å². The van der Waals surface area contributed by atoms with Gasteiger partial charge in [-0.3, -0.25) is 14.5 Å². The zero-order valence-electron chi connectivity index (χ0n) is 9.69. The molecule has 1 atom stereocenters. The Balaban J connectivity index is 2.32. The Morgan fingerprint density at radius 3 is 2.94 bits per heavy atom. The number of carbonyl (C=O) groups is 2. The van der Waals surface area contributed by atoms with Gasteiger partial charge in [-0.1, -0.05) is 6.92 Å². The van der Waals surface area contributed by atoms with E-state index in [1.165, 1.54) is 7.11 Å². The summed E-state index contributed by atoms with van der Waals surface area (Å²) in [6.45, 7) is 4.78. The van der Waals surface area contributed by atoms with Crippen molar-refractivity contribution >= 4 is 11.9 Å². The normalized spacial score (nSPS) is 21.5. The van der Waals surface area contributed by atoms with Gasteiger partial charge < -0.3 is 14.8 Å². The minimum absolute atomic E-state index is 0.110. The average Bonchev–Trinajstić information content (AvgIpc) is 2.35. The Morgan fingerprint density at radius 2 is 2.31 bits per heavy atom. The van der Waals surface area contributed by atoms with Crippen LogP contribution >= 0.6 is 0 Å². The highest BCUT2D eigenvalue weighted by Gasteiger charge is 2.25. The number of rotatable bonds is 4. The second-order valence-electron chi connectivity index (χ2n) is 3.55. The van der Waals surface area contributed by atoms with E-state index in [-0.39, 0.29) is 12.5 Å². The third kappa shape index (κ3) is 3.79. The minimum atomic E-state index is -0.488. The van der Waals surface area contributed by atoms with Crippen molar-refractivity contribution in [3.63, 3.8) is 0 Å².